The van der Waals surface area contributed by atoms with Gasteiger partial charge in [-0.15, -0.1) is 0 Å². The second kappa shape index (κ2) is 9.67. The number of anilines is 1. The van der Waals surface area contributed by atoms with Crippen molar-refractivity contribution in [2.75, 3.05) is 39.2 Å². The van der Waals surface area contributed by atoms with Gasteiger partial charge in [0, 0.05) is 12.6 Å². The lowest BCUT2D eigenvalue weighted by Crippen LogP contribution is -2.32. The fourth-order valence-corrected chi connectivity index (χ4v) is 4.13. The van der Waals surface area contributed by atoms with Crippen molar-refractivity contribution in [1.29, 1.82) is 0 Å². The average molecular weight is 410 g/mol. The summed E-state index contributed by atoms with van der Waals surface area (Å²) in [6.07, 6.45) is 4.34. The van der Waals surface area contributed by atoms with E-state index in [-0.39, 0.29) is 5.91 Å². The van der Waals surface area contributed by atoms with Gasteiger partial charge in [-0.3, -0.25) is 9.69 Å². The van der Waals surface area contributed by atoms with Crippen LogP contribution in [0.15, 0.2) is 48.5 Å². The van der Waals surface area contributed by atoms with Gasteiger partial charge < -0.3 is 9.64 Å². The Morgan fingerprint density at radius 2 is 1.90 bits per heavy atom. The Kier molecular flexibility index (Phi) is 7.01. The Labute approximate surface area is 176 Å². The van der Waals surface area contributed by atoms with Gasteiger partial charge in [-0.1, -0.05) is 47.7 Å². The number of hydrogen-bond acceptors (Lipinski definition) is 5. The Morgan fingerprint density at radius 1 is 1.14 bits per heavy atom. The van der Waals surface area contributed by atoms with Crippen molar-refractivity contribution in [3.05, 3.63) is 59.7 Å². The lowest BCUT2D eigenvalue weighted by molar-refractivity contribution is -0.114. The van der Waals surface area contributed by atoms with Gasteiger partial charge in [-0.25, -0.2) is 4.98 Å². The number of thiazole rings is 1. The molecule has 3 rings (SSSR count). The molecule has 6 heteroatoms. The first kappa shape index (κ1) is 21.0. The molecule has 1 aromatic heterocycles. The molecular formula is C23H27N3O2S. The quantitative estimate of drug-likeness (QED) is 0.510. The van der Waals surface area contributed by atoms with E-state index in [4.69, 9.17) is 9.72 Å². The fraction of sp³-hybridized carbons (Fsp3) is 0.304. The van der Waals surface area contributed by atoms with Crippen LogP contribution >= 0.6 is 11.3 Å². The number of amides is 1. The summed E-state index contributed by atoms with van der Waals surface area (Å²) in [5.74, 6) is 0.664. The summed E-state index contributed by atoms with van der Waals surface area (Å²) >= 11 is 1.54. The van der Waals surface area contributed by atoms with Crippen LogP contribution in [0.5, 0.6) is 5.75 Å². The monoisotopic (exact) mass is 409 g/mol. The third-order valence-electron chi connectivity index (χ3n) is 4.61. The number of hydrogen-bond donors (Lipinski definition) is 0. The summed E-state index contributed by atoms with van der Waals surface area (Å²) < 4.78 is 6.53. The SMILES string of the molecule is COc1ccc(C)c2sc(N(CCCN(C)C)C(=O)C=Cc3ccccc3)nc12. The topological polar surface area (TPSA) is 45.7 Å². The minimum atomic E-state index is -0.0664. The van der Waals surface area contributed by atoms with Gasteiger partial charge >= 0.3 is 0 Å². The molecule has 0 radical (unpaired) electrons. The Bertz CT molecular complexity index is 996. The van der Waals surface area contributed by atoms with Crippen LogP contribution in [0.4, 0.5) is 5.13 Å². The van der Waals surface area contributed by atoms with E-state index < -0.39 is 0 Å². The third-order valence-corrected chi connectivity index (χ3v) is 5.83. The fourth-order valence-electron chi connectivity index (χ4n) is 3.05. The summed E-state index contributed by atoms with van der Waals surface area (Å²) in [6, 6.07) is 13.8. The molecule has 29 heavy (non-hydrogen) atoms. The zero-order valence-corrected chi connectivity index (χ0v) is 18.2. The van der Waals surface area contributed by atoms with Crippen molar-refractivity contribution < 1.29 is 9.53 Å². The molecule has 0 atom stereocenters. The minimum Gasteiger partial charge on any atom is -0.494 e. The Balaban J connectivity index is 1.92. The normalized spacial score (nSPS) is 11.5. The van der Waals surface area contributed by atoms with Crippen LogP contribution < -0.4 is 9.64 Å². The van der Waals surface area contributed by atoms with Crippen LogP contribution in [0.25, 0.3) is 16.3 Å². The predicted octanol–water partition coefficient (Wildman–Crippen LogP) is 4.61. The van der Waals surface area contributed by atoms with Crippen LogP contribution in [0.2, 0.25) is 0 Å². The zero-order valence-electron chi connectivity index (χ0n) is 17.4. The predicted molar refractivity (Wildman–Crippen MR) is 122 cm³/mol. The molecule has 3 aromatic rings. The molecule has 0 saturated heterocycles. The van der Waals surface area contributed by atoms with E-state index in [0.29, 0.717) is 11.7 Å². The molecule has 0 aliphatic rings. The Hall–Kier alpha value is -2.70. The van der Waals surface area contributed by atoms with Crippen LogP contribution in [0, 0.1) is 6.92 Å². The van der Waals surface area contributed by atoms with Crippen molar-refractivity contribution in [3.63, 3.8) is 0 Å². The molecule has 0 aliphatic carbocycles. The summed E-state index contributed by atoms with van der Waals surface area (Å²) in [5, 5.41) is 0.703. The molecule has 2 aromatic carbocycles. The maximum Gasteiger partial charge on any atom is 0.252 e. The van der Waals surface area contributed by atoms with Gasteiger partial charge in [0.25, 0.3) is 5.91 Å². The summed E-state index contributed by atoms with van der Waals surface area (Å²) in [7, 11) is 5.71. The summed E-state index contributed by atoms with van der Waals surface area (Å²) in [6.45, 7) is 3.56. The molecule has 152 valence electrons. The molecule has 0 fully saturated rings. The van der Waals surface area contributed by atoms with Gasteiger partial charge in [0.2, 0.25) is 0 Å². The van der Waals surface area contributed by atoms with Crippen molar-refractivity contribution in [2.45, 2.75) is 13.3 Å². The number of carbonyl (C=O) groups is 1. The molecule has 0 N–H and O–H groups in total. The smallest absolute Gasteiger partial charge is 0.252 e. The Morgan fingerprint density at radius 3 is 2.59 bits per heavy atom. The first-order valence-corrected chi connectivity index (χ1v) is 10.4. The van der Waals surface area contributed by atoms with Gasteiger partial charge in [-0.2, -0.15) is 0 Å². The molecule has 1 amide bonds. The van der Waals surface area contributed by atoms with Crippen LogP contribution in [0.1, 0.15) is 17.5 Å². The highest BCUT2D eigenvalue weighted by Gasteiger charge is 2.20. The second-order valence-corrected chi connectivity index (χ2v) is 8.13. The first-order valence-electron chi connectivity index (χ1n) is 9.63. The molecule has 0 unspecified atom stereocenters. The molecule has 0 bridgehead atoms. The van der Waals surface area contributed by atoms with E-state index in [1.807, 2.05) is 62.6 Å². The number of rotatable bonds is 8. The lowest BCUT2D eigenvalue weighted by Gasteiger charge is -2.19. The lowest BCUT2D eigenvalue weighted by atomic mass is 10.2. The molecule has 0 aliphatic heterocycles. The minimum absolute atomic E-state index is 0.0664. The molecule has 0 spiro atoms. The van der Waals surface area contributed by atoms with Crippen LogP contribution in [0.3, 0.4) is 0 Å². The van der Waals surface area contributed by atoms with Gasteiger partial charge in [0.05, 0.1) is 11.8 Å². The van der Waals surface area contributed by atoms with E-state index in [1.54, 1.807) is 18.1 Å². The van der Waals surface area contributed by atoms with Crippen molar-refractivity contribution in [2.24, 2.45) is 0 Å². The second-order valence-electron chi connectivity index (χ2n) is 7.15. The number of benzene rings is 2. The largest absolute Gasteiger partial charge is 0.494 e. The maximum atomic E-state index is 13.1. The van der Waals surface area contributed by atoms with Gasteiger partial charge in [0.15, 0.2) is 5.13 Å². The van der Waals surface area contributed by atoms with E-state index >= 15 is 0 Å². The van der Waals surface area contributed by atoms with Gasteiger partial charge in [-0.05, 0) is 57.3 Å². The number of nitrogens with zero attached hydrogens (tertiary/aromatic N) is 3. The average Bonchev–Trinajstić information content (AvgIpc) is 3.16. The number of fused-ring (bicyclic) bond motifs is 1. The van der Waals surface area contributed by atoms with Crippen molar-refractivity contribution >= 4 is 38.7 Å². The van der Waals surface area contributed by atoms with E-state index in [1.165, 1.54) is 11.3 Å². The van der Waals surface area contributed by atoms with Crippen molar-refractivity contribution in [1.82, 2.24) is 9.88 Å². The molecule has 5 nitrogen and oxygen atoms in total. The number of aromatic nitrogens is 1. The van der Waals surface area contributed by atoms with Crippen LogP contribution in [-0.4, -0.2) is 50.1 Å². The number of aryl methyl sites for hydroxylation is 1. The van der Waals surface area contributed by atoms with Crippen LogP contribution in [-0.2, 0) is 4.79 Å². The van der Waals surface area contributed by atoms with E-state index in [2.05, 4.69) is 11.8 Å². The highest BCUT2D eigenvalue weighted by Crippen LogP contribution is 2.36. The number of methoxy groups -OCH3 is 1. The van der Waals surface area contributed by atoms with E-state index in [0.717, 1.165) is 40.1 Å². The highest BCUT2D eigenvalue weighted by atomic mass is 32.1. The summed E-state index contributed by atoms with van der Waals surface area (Å²) in [4.78, 5) is 21.7. The standard InChI is InChI=1S/C23H27N3O2S/c1-17-11-13-19(28-4)21-22(17)29-23(24-21)26(16-8-15-25(2)3)20(27)14-12-18-9-6-5-7-10-18/h5-7,9-14H,8,15-16H2,1-4H3. The van der Waals surface area contributed by atoms with E-state index in [9.17, 15) is 4.79 Å². The first-order chi connectivity index (χ1) is 14.0. The zero-order chi connectivity index (χ0) is 20.8. The third kappa shape index (κ3) is 5.22. The molecular weight excluding hydrogens is 382 g/mol. The highest BCUT2D eigenvalue weighted by molar-refractivity contribution is 7.22. The molecule has 1 heterocycles. The number of carbonyl (C=O) groups excluding carboxylic acids is 1. The number of ether oxygens (including phenoxy) is 1. The van der Waals surface area contributed by atoms with Crippen molar-refractivity contribution in [3.8, 4) is 5.75 Å². The summed E-state index contributed by atoms with van der Waals surface area (Å²) in [5.41, 5.74) is 2.94. The molecule has 0 saturated carbocycles. The van der Waals surface area contributed by atoms with Gasteiger partial charge in [0.1, 0.15) is 11.3 Å². The maximum absolute atomic E-state index is 13.1.